The van der Waals surface area contributed by atoms with Gasteiger partial charge in [-0.1, -0.05) is 42.1 Å². The smallest absolute Gasteiger partial charge is 0.219 e. The van der Waals surface area contributed by atoms with E-state index < -0.39 is 5.25 Å². The number of benzene rings is 1. The van der Waals surface area contributed by atoms with Gasteiger partial charge in [0.2, 0.25) is 4.38 Å². The van der Waals surface area contributed by atoms with Gasteiger partial charge in [-0.05, 0) is 17.8 Å². The maximum atomic E-state index is 8.86. The summed E-state index contributed by atoms with van der Waals surface area (Å²) in [6.07, 6.45) is 0. The summed E-state index contributed by atoms with van der Waals surface area (Å²) in [5, 5.41) is 17.2. The summed E-state index contributed by atoms with van der Waals surface area (Å²) in [5.74, 6) is 0. The van der Waals surface area contributed by atoms with Crippen LogP contribution in [0.1, 0.15) is 10.8 Å². The van der Waals surface area contributed by atoms with E-state index in [1.807, 2.05) is 30.3 Å². The van der Waals surface area contributed by atoms with Gasteiger partial charge in [0.1, 0.15) is 5.25 Å². The molecule has 0 spiro atoms. The van der Waals surface area contributed by atoms with E-state index in [1.165, 1.54) is 0 Å². The fourth-order valence-corrected chi connectivity index (χ4v) is 1.73. The van der Waals surface area contributed by atoms with Crippen molar-refractivity contribution in [3.8, 4) is 6.07 Å². The molecular weight excluding hydrogens is 202 g/mol. The van der Waals surface area contributed by atoms with Gasteiger partial charge in [-0.15, -0.1) is 0 Å². The fourth-order valence-electron chi connectivity index (χ4n) is 0.898. The van der Waals surface area contributed by atoms with Crippen LogP contribution in [-0.2, 0) is 0 Å². The van der Waals surface area contributed by atoms with Crippen molar-refractivity contribution >= 4 is 28.4 Å². The van der Waals surface area contributed by atoms with Crippen molar-refractivity contribution in [2.45, 2.75) is 5.25 Å². The number of rotatable bonds is 2. The Hall–Kier alpha value is -1.05. The van der Waals surface area contributed by atoms with Crippen molar-refractivity contribution in [1.82, 2.24) is 0 Å². The second-order valence-corrected chi connectivity index (χ2v) is 4.04. The van der Waals surface area contributed by atoms with Gasteiger partial charge < -0.3 is 5.11 Å². The van der Waals surface area contributed by atoms with E-state index >= 15 is 0 Å². The quantitative estimate of drug-likeness (QED) is 0.761. The molecule has 1 aromatic rings. The van der Waals surface area contributed by atoms with Crippen LogP contribution in [0.2, 0.25) is 0 Å². The fraction of sp³-hybridized carbons (Fsp3) is 0.111. The highest BCUT2D eigenvalue weighted by Crippen LogP contribution is 2.27. The highest BCUT2D eigenvalue weighted by molar-refractivity contribution is 8.22. The summed E-state index contributed by atoms with van der Waals surface area (Å²) in [6.45, 7) is 0. The molecule has 4 heteroatoms. The monoisotopic (exact) mass is 209 g/mol. The molecular formula is C9H7NOS2. The van der Waals surface area contributed by atoms with Crippen LogP contribution in [0.5, 0.6) is 0 Å². The summed E-state index contributed by atoms with van der Waals surface area (Å²) in [6, 6.07) is 11.3. The standard InChI is InChI=1S/C9H7NOS2/c10-6-8(13-9(11)12)7-4-2-1-3-5-7/h1-5,8H,(H,11,12). The molecule has 66 valence electrons. The number of aliphatic hydroxyl groups is 1. The van der Waals surface area contributed by atoms with Crippen LogP contribution in [0.4, 0.5) is 0 Å². The number of nitrogens with zero attached hydrogens (tertiary/aromatic N) is 1. The highest BCUT2D eigenvalue weighted by Gasteiger charge is 2.12. The molecule has 2 nitrogen and oxygen atoms in total. The minimum atomic E-state index is -0.418. The summed E-state index contributed by atoms with van der Waals surface area (Å²) in [5.41, 5.74) is 0.853. The maximum absolute atomic E-state index is 8.86. The first-order chi connectivity index (χ1) is 6.24. The van der Waals surface area contributed by atoms with Gasteiger partial charge in [0.05, 0.1) is 6.07 Å². The molecule has 0 aliphatic heterocycles. The van der Waals surface area contributed by atoms with Gasteiger partial charge in [0, 0.05) is 0 Å². The van der Waals surface area contributed by atoms with Crippen LogP contribution < -0.4 is 0 Å². The topological polar surface area (TPSA) is 44.0 Å². The van der Waals surface area contributed by atoms with E-state index in [9.17, 15) is 0 Å². The molecule has 0 saturated heterocycles. The van der Waals surface area contributed by atoms with Crippen LogP contribution >= 0.6 is 24.0 Å². The number of thioether (sulfide) groups is 1. The zero-order chi connectivity index (χ0) is 9.68. The predicted molar refractivity (Wildman–Crippen MR) is 57.6 cm³/mol. The normalized spacial score (nSPS) is 11.6. The third kappa shape index (κ3) is 3.05. The molecule has 1 N–H and O–H groups in total. The van der Waals surface area contributed by atoms with Crippen LogP contribution in [0.25, 0.3) is 0 Å². The Bertz CT molecular complexity index is 331. The Morgan fingerprint density at radius 2 is 2.08 bits per heavy atom. The minimum absolute atomic E-state index is 0.199. The van der Waals surface area contributed by atoms with Crippen LogP contribution in [-0.4, -0.2) is 9.49 Å². The zero-order valence-corrected chi connectivity index (χ0v) is 8.31. The molecule has 0 saturated carbocycles. The molecule has 1 atom stereocenters. The summed E-state index contributed by atoms with van der Waals surface area (Å²) in [4.78, 5) is 0. The van der Waals surface area contributed by atoms with Crippen LogP contribution in [0.15, 0.2) is 30.3 Å². The number of hydrogen-bond donors (Lipinski definition) is 1. The minimum Gasteiger partial charge on any atom is -0.494 e. The first-order valence-corrected chi connectivity index (χ1v) is 4.87. The maximum Gasteiger partial charge on any atom is 0.219 e. The molecule has 0 amide bonds. The van der Waals surface area contributed by atoms with Crippen molar-refractivity contribution in [3.05, 3.63) is 35.9 Å². The lowest BCUT2D eigenvalue weighted by molar-refractivity contribution is 0.585. The molecule has 0 bridgehead atoms. The highest BCUT2D eigenvalue weighted by atomic mass is 32.2. The van der Waals surface area contributed by atoms with E-state index in [0.29, 0.717) is 0 Å². The molecule has 0 heterocycles. The molecule has 1 rings (SSSR count). The Kier molecular flexibility index (Phi) is 3.74. The van der Waals surface area contributed by atoms with E-state index in [2.05, 4.69) is 18.3 Å². The van der Waals surface area contributed by atoms with E-state index in [-0.39, 0.29) is 4.38 Å². The number of thiocarbonyl (C=S) groups is 1. The average Bonchev–Trinajstić information content (AvgIpc) is 2.15. The Morgan fingerprint density at radius 3 is 2.54 bits per heavy atom. The molecule has 0 radical (unpaired) electrons. The van der Waals surface area contributed by atoms with Gasteiger partial charge in [0.15, 0.2) is 0 Å². The zero-order valence-electron chi connectivity index (χ0n) is 6.68. The molecule has 0 aliphatic rings. The van der Waals surface area contributed by atoms with Crippen molar-refractivity contribution in [3.63, 3.8) is 0 Å². The van der Waals surface area contributed by atoms with Crippen LogP contribution in [0.3, 0.4) is 0 Å². The Balaban J connectivity index is 2.80. The molecule has 13 heavy (non-hydrogen) atoms. The number of nitriles is 1. The predicted octanol–water partition coefficient (Wildman–Crippen LogP) is 2.83. The van der Waals surface area contributed by atoms with Gasteiger partial charge in [0.25, 0.3) is 0 Å². The molecule has 0 aromatic heterocycles. The van der Waals surface area contributed by atoms with Crippen molar-refractivity contribution in [2.24, 2.45) is 0 Å². The number of hydrogen-bond acceptors (Lipinski definition) is 3. The second kappa shape index (κ2) is 4.85. The molecule has 0 aliphatic carbocycles. The second-order valence-electron chi connectivity index (χ2n) is 2.30. The largest absolute Gasteiger partial charge is 0.494 e. The first-order valence-electron chi connectivity index (χ1n) is 3.58. The third-order valence-corrected chi connectivity index (χ3v) is 2.54. The van der Waals surface area contributed by atoms with Crippen molar-refractivity contribution in [2.75, 3.05) is 0 Å². The lowest BCUT2D eigenvalue weighted by Gasteiger charge is -2.05. The van der Waals surface area contributed by atoms with E-state index in [0.717, 1.165) is 17.3 Å². The Labute approximate surface area is 86.2 Å². The van der Waals surface area contributed by atoms with Crippen molar-refractivity contribution < 1.29 is 5.11 Å². The van der Waals surface area contributed by atoms with E-state index in [4.69, 9.17) is 10.4 Å². The van der Waals surface area contributed by atoms with Gasteiger partial charge in [-0.3, -0.25) is 0 Å². The molecule has 1 aromatic carbocycles. The lowest BCUT2D eigenvalue weighted by atomic mass is 10.2. The first kappa shape index (κ1) is 10.0. The van der Waals surface area contributed by atoms with Gasteiger partial charge >= 0.3 is 0 Å². The summed E-state index contributed by atoms with van der Waals surface area (Å²) in [7, 11) is 0. The summed E-state index contributed by atoms with van der Waals surface area (Å²) < 4.78 is -0.199. The molecule has 0 fully saturated rings. The average molecular weight is 209 g/mol. The SMILES string of the molecule is N#CC(SC(O)=S)c1ccccc1. The Morgan fingerprint density at radius 1 is 1.46 bits per heavy atom. The van der Waals surface area contributed by atoms with Crippen LogP contribution in [0, 0.1) is 11.3 Å². The third-order valence-electron chi connectivity index (χ3n) is 1.44. The van der Waals surface area contributed by atoms with Gasteiger partial charge in [-0.25, -0.2) is 0 Å². The lowest BCUT2D eigenvalue weighted by Crippen LogP contribution is -1.94. The number of aliphatic hydroxyl groups excluding tert-OH is 1. The summed E-state index contributed by atoms with van der Waals surface area (Å²) >= 11 is 5.48. The van der Waals surface area contributed by atoms with Crippen molar-refractivity contribution in [1.29, 1.82) is 5.26 Å². The van der Waals surface area contributed by atoms with E-state index in [1.54, 1.807) is 0 Å². The van der Waals surface area contributed by atoms with Gasteiger partial charge in [-0.2, -0.15) is 5.26 Å². The molecule has 1 unspecified atom stereocenters.